The molecule has 19 nitrogen and oxygen atoms in total. The average Bonchev–Trinajstić information content (AvgIpc) is 3.55. The summed E-state index contributed by atoms with van der Waals surface area (Å²) < 4.78 is 29.1. The molecule has 2 aromatic rings. The largest absolute Gasteiger partial charge is 0.477 e. The van der Waals surface area contributed by atoms with E-state index in [1.165, 1.54) is 0 Å². The van der Waals surface area contributed by atoms with Gasteiger partial charge in [0.15, 0.2) is 0 Å². The number of hydrogen-bond acceptors (Lipinski definition) is 15. The van der Waals surface area contributed by atoms with E-state index in [0.29, 0.717) is 49.2 Å². The van der Waals surface area contributed by atoms with Gasteiger partial charge in [-0.25, -0.2) is 9.48 Å². The van der Waals surface area contributed by atoms with Gasteiger partial charge in [0, 0.05) is 24.5 Å². The minimum Gasteiger partial charge on any atom is -0.477 e. The Balaban J connectivity index is 1.49. The number of rotatable bonds is 23. The van der Waals surface area contributed by atoms with Crippen molar-refractivity contribution in [2.75, 3.05) is 59.3 Å². The molecule has 0 bridgehead atoms. The van der Waals surface area contributed by atoms with Gasteiger partial charge in [-0.1, -0.05) is 28.9 Å². The fourth-order valence-corrected chi connectivity index (χ4v) is 5.00. The lowest BCUT2D eigenvalue weighted by molar-refractivity contribution is -0.312. The zero-order valence-corrected chi connectivity index (χ0v) is 28.0. The number of carboxylic acid groups (broad SMARTS) is 1. The van der Waals surface area contributed by atoms with E-state index in [1.807, 2.05) is 0 Å². The zero-order valence-electron chi connectivity index (χ0n) is 27.3. The molecule has 0 saturated carbocycles. The SMILES string of the molecule is NCCOCc1cn(CCOCCOCCO[C@]2(C(=O)O)C[C@H](O)[C@@H](NC(=O)CO)[C@H]([C@H](O)[C@H](O)CNC(=O)Cc3ccc(Cl)cc3)O2)nn1. The van der Waals surface area contributed by atoms with Gasteiger partial charge in [0.05, 0.1) is 83.7 Å². The van der Waals surface area contributed by atoms with E-state index in [4.69, 9.17) is 41.0 Å². The second-order valence-corrected chi connectivity index (χ2v) is 11.7. The number of carbonyl (C=O) groups is 3. The Hall–Kier alpha value is -3.34. The second kappa shape index (κ2) is 21.1. The first-order chi connectivity index (χ1) is 24.0. The summed E-state index contributed by atoms with van der Waals surface area (Å²) in [5, 5.41) is 65.1. The number of nitrogens with zero attached hydrogens (tertiary/aromatic N) is 3. The summed E-state index contributed by atoms with van der Waals surface area (Å²) >= 11 is 5.86. The van der Waals surface area contributed by atoms with Gasteiger partial charge in [0.25, 0.3) is 5.79 Å². The number of nitrogens with two attached hydrogens (primary N) is 1. The van der Waals surface area contributed by atoms with E-state index in [-0.39, 0.29) is 32.8 Å². The molecule has 50 heavy (non-hydrogen) atoms. The first-order valence-corrected chi connectivity index (χ1v) is 16.2. The highest BCUT2D eigenvalue weighted by molar-refractivity contribution is 6.30. The Bertz CT molecular complexity index is 1340. The molecule has 1 fully saturated rings. The molecular weight excluding hydrogens is 688 g/mol. The van der Waals surface area contributed by atoms with Crippen molar-refractivity contribution in [1.29, 1.82) is 0 Å². The number of amides is 2. The summed E-state index contributed by atoms with van der Waals surface area (Å²) in [7, 11) is 0. The van der Waals surface area contributed by atoms with E-state index in [9.17, 15) is 39.9 Å². The van der Waals surface area contributed by atoms with Crippen LogP contribution in [0.15, 0.2) is 30.5 Å². The normalized spacial score (nSPS) is 21.8. The smallest absolute Gasteiger partial charge is 0.364 e. The first-order valence-electron chi connectivity index (χ1n) is 15.8. The van der Waals surface area contributed by atoms with Crippen LogP contribution in [0.1, 0.15) is 17.7 Å². The zero-order chi connectivity index (χ0) is 36.5. The number of aromatic nitrogens is 3. The van der Waals surface area contributed by atoms with Gasteiger partial charge >= 0.3 is 5.97 Å². The Kier molecular flexibility index (Phi) is 17.4. The molecule has 1 aromatic heterocycles. The minimum absolute atomic E-state index is 0.0613. The molecular formula is C30H45ClN6O13. The lowest BCUT2D eigenvalue weighted by Crippen LogP contribution is -2.68. The second-order valence-electron chi connectivity index (χ2n) is 11.2. The third-order valence-corrected chi connectivity index (χ3v) is 7.64. The Morgan fingerprint density at radius 3 is 2.44 bits per heavy atom. The fourth-order valence-electron chi connectivity index (χ4n) is 4.87. The molecule has 0 spiro atoms. The van der Waals surface area contributed by atoms with Crippen molar-refractivity contribution in [2.45, 2.75) is 62.2 Å². The molecule has 1 aliphatic heterocycles. The standard InChI is InChI=1S/C30H45ClN6O13/c31-20-3-1-19(2-4-20)13-24(41)33-15-23(40)27(43)28-26(34-25(42)17-38)22(39)14-30(50-28,29(44)45)49-12-11-47-10-9-46-8-6-37-16-21(35-36-37)18-48-7-5-32/h1-4,16,22-23,26-28,38-40,43H,5-15,17-18,32H2,(H,33,41)(H,34,42)(H,44,45)/t22-,23+,26+,27+,28+,30+/m0/s1. The van der Waals surface area contributed by atoms with Crippen LogP contribution in [0.4, 0.5) is 0 Å². The van der Waals surface area contributed by atoms with Gasteiger partial charge in [0.2, 0.25) is 11.8 Å². The van der Waals surface area contributed by atoms with Gasteiger partial charge in [-0.2, -0.15) is 0 Å². The van der Waals surface area contributed by atoms with Crippen LogP contribution < -0.4 is 16.4 Å². The minimum atomic E-state index is -2.52. The molecule has 20 heteroatoms. The van der Waals surface area contributed by atoms with Crippen molar-refractivity contribution in [3.8, 4) is 0 Å². The number of ether oxygens (including phenoxy) is 5. The Morgan fingerprint density at radius 2 is 1.76 bits per heavy atom. The van der Waals surface area contributed by atoms with Crippen LogP contribution in [-0.2, 0) is 57.6 Å². The summed E-state index contributed by atoms with van der Waals surface area (Å²) in [6.45, 7) is 0.312. The quantitative estimate of drug-likeness (QED) is 0.0527. The van der Waals surface area contributed by atoms with Crippen molar-refractivity contribution in [3.63, 3.8) is 0 Å². The van der Waals surface area contributed by atoms with Gasteiger partial charge in [-0.05, 0) is 17.7 Å². The molecule has 280 valence electrons. The predicted molar refractivity (Wildman–Crippen MR) is 171 cm³/mol. The molecule has 0 unspecified atom stereocenters. The first kappa shape index (κ1) is 41.1. The number of carboxylic acids is 1. The molecule has 1 aromatic carbocycles. The third kappa shape index (κ3) is 13.1. The summed E-state index contributed by atoms with van der Waals surface area (Å²) in [6.07, 6.45) is -6.15. The fraction of sp³-hybridized carbons (Fsp3) is 0.633. The summed E-state index contributed by atoms with van der Waals surface area (Å²) in [5.74, 6) is -5.64. The number of aliphatic hydroxyl groups is 4. The van der Waals surface area contributed by atoms with E-state index in [0.717, 1.165) is 0 Å². The Morgan fingerprint density at radius 1 is 1.06 bits per heavy atom. The van der Waals surface area contributed by atoms with Gasteiger partial charge in [-0.15, -0.1) is 5.10 Å². The molecule has 3 rings (SSSR count). The number of nitrogens with one attached hydrogen (secondary N) is 2. The summed E-state index contributed by atoms with van der Waals surface area (Å²) in [6, 6.07) is 5.03. The number of aliphatic hydroxyl groups excluding tert-OH is 4. The molecule has 1 saturated heterocycles. The maximum absolute atomic E-state index is 12.4. The molecule has 0 radical (unpaired) electrons. The van der Waals surface area contributed by atoms with Gasteiger partial charge in [-0.3, -0.25) is 9.59 Å². The highest BCUT2D eigenvalue weighted by Crippen LogP contribution is 2.33. The number of benzene rings is 1. The molecule has 1 aliphatic rings. The maximum Gasteiger partial charge on any atom is 0.364 e. The van der Waals surface area contributed by atoms with Crippen molar-refractivity contribution in [3.05, 3.63) is 46.7 Å². The third-order valence-electron chi connectivity index (χ3n) is 7.38. The van der Waals surface area contributed by atoms with Gasteiger partial charge < -0.3 is 65.6 Å². The van der Waals surface area contributed by atoms with Crippen molar-refractivity contribution in [2.24, 2.45) is 5.73 Å². The molecule has 2 heterocycles. The average molecular weight is 733 g/mol. The molecule has 6 atom stereocenters. The van der Waals surface area contributed by atoms with E-state index >= 15 is 0 Å². The predicted octanol–water partition coefficient (Wildman–Crippen LogP) is -3.05. The molecule has 2 amide bonds. The van der Waals surface area contributed by atoms with Crippen LogP contribution >= 0.6 is 11.6 Å². The van der Waals surface area contributed by atoms with Crippen LogP contribution in [0.2, 0.25) is 5.02 Å². The highest BCUT2D eigenvalue weighted by Gasteiger charge is 2.55. The molecule has 9 N–H and O–H groups in total. The van der Waals surface area contributed by atoms with E-state index in [2.05, 4.69) is 20.9 Å². The monoisotopic (exact) mass is 732 g/mol. The van der Waals surface area contributed by atoms with Crippen LogP contribution in [0.25, 0.3) is 0 Å². The van der Waals surface area contributed by atoms with Crippen molar-refractivity contribution >= 4 is 29.4 Å². The summed E-state index contributed by atoms with van der Waals surface area (Å²) in [5.41, 5.74) is 6.68. The van der Waals surface area contributed by atoms with Crippen LogP contribution in [0, 0.1) is 0 Å². The topological polar surface area (TPSA) is 279 Å². The van der Waals surface area contributed by atoms with Crippen LogP contribution in [-0.4, -0.2) is 154 Å². The van der Waals surface area contributed by atoms with Crippen LogP contribution in [0.3, 0.4) is 0 Å². The number of aliphatic carboxylic acids is 1. The Labute approximate surface area is 292 Å². The van der Waals surface area contributed by atoms with E-state index in [1.54, 1.807) is 35.1 Å². The number of hydrogen-bond donors (Lipinski definition) is 8. The van der Waals surface area contributed by atoms with Gasteiger partial charge in [0.1, 0.15) is 24.5 Å². The van der Waals surface area contributed by atoms with E-state index < -0.39 is 73.6 Å². The molecule has 0 aliphatic carbocycles. The van der Waals surface area contributed by atoms with Crippen molar-refractivity contribution in [1.82, 2.24) is 25.6 Å². The number of halogens is 1. The number of carbonyl (C=O) groups excluding carboxylic acids is 2. The lowest BCUT2D eigenvalue weighted by Gasteiger charge is -2.46. The van der Waals surface area contributed by atoms with Crippen molar-refractivity contribution < 1.29 is 63.6 Å². The highest BCUT2D eigenvalue weighted by atomic mass is 35.5. The summed E-state index contributed by atoms with van der Waals surface area (Å²) in [4.78, 5) is 36.8. The van der Waals surface area contributed by atoms with Crippen LogP contribution in [0.5, 0.6) is 0 Å². The lowest BCUT2D eigenvalue weighted by atomic mass is 9.88. The maximum atomic E-state index is 12.4.